The van der Waals surface area contributed by atoms with Crippen molar-refractivity contribution in [3.8, 4) is 0 Å². The van der Waals surface area contributed by atoms with E-state index in [1.54, 1.807) is 0 Å². The summed E-state index contributed by atoms with van der Waals surface area (Å²) < 4.78 is 2.23. The van der Waals surface area contributed by atoms with Gasteiger partial charge in [-0.25, -0.2) is 4.98 Å². The van der Waals surface area contributed by atoms with Crippen molar-refractivity contribution >= 4 is 13.5 Å². The zero-order chi connectivity index (χ0) is 11.8. The molecule has 0 radical (unpaired) electrons. The van der Waals surface area contributed by atoms with Crippen LogP contribution in [0.2, 0.25) is 0 Å². The summed E-state index contributed by atoms with van der Waals surface area (Å²) in [6.45, 7) is 7.14. The van der Waals surface area contributed by atoms with E-state index in [4.69, 9.17) is 0 Å². The Balaban J connectivity index is 2.31. The molecule has 0 saturated heterocycles. The molecule has 0 bridgehead atoms. The van der Waals surface area contributed by atoms with Crippen LogP contribution in [0.5, 0.6) is 0 Å². The van der Waals surface area contributed by atoms with Gasteiger partial charge in [-0.2, -0.15) is 0 Å². The van der Waals surface area contributed by atoms with Crippen LogP contribution in [0.4, 0.5) is 0 Å². The number of hydrogen-bond donors (Lipinski definition) is 0. The highest BCUT2D eigenvalue weighted by Gasteiger charge is 2.36. The molecule has 1 saturated carbocycles. The molecule has 2 nitrogen and oxygen atoms in total. The van der Waals surface area contributed by atoms with E-state index >= 15 is 0 Å². The van der Waals surface area contributed by atoms with Gasteiger partial charge in [-0.15, -0.1) is 0 Å². The minimum Gasteiger partial charge on any atom is -0.334 e. The fourth-order valence-electron chi connectivity index (χ4n) is 2.76. The van der Waals surface area contributed by atoms with Crippen molar-refractivity contribution in [2.24, 2.45) is 7.05 Å². The van der Waals surface area contributed by atoms with Crippen LogP contribution in [0.3, 0.4) is 0 Å². The third kappa shape index (κ3) is 2.32. The summed E-state index contributed by atoms with van der Waals surface area (Å²) >= 11 is 0. The monoisotopic (exact) mass is 238 g/mol. The predicted octanol–water partition coefficient (Wildman–Crippen LogP) is 3.27. The Bertz CT molecular complexity index is 345. The third-order valence-electron chi connectivity index (χ3n) is 3.42. The van der Waals surface area contributed by atoms with Gasteiger partial charge in [-0.1, -0.05) is 33.6 Å². The first-order chi connectivity index (χ1) is 7.50. The van der Waals surface area contributed by atoms with Gasteiger partial charge >= 0.3 is 0 Å². The summed E-state index contributed by atoms with van der Waals surface area (Å²) in [5, 5.41) is 0.378. The van der Waals surface area contributed by atoms with Crippen LogP contribution in [0.1, 0.15) is 46.5 Å². The molecule has 1 fully saturated rings. The Kier molecular flexibility index (Phi) is 3.39. The fourth-order valence-corrected chi connectivity index (χ4v) is 6.26. The predicted molar refractivity (Wildman–Crippen MR) is 71.8 cm³/mol. The largest absolute Gasteiger partial charge is 0.334 e. The summed E-state index contributed by atoms with van der Waals surface area (Å²) in [5.74, 6) is 0. The zero-order valence-electron chi connectivity index (χ0n) is 10.9. The maximum Gasteiger partial charge on any atom is 0.131 e. The van der Waals surface area contributed by atoms with Crippen LogP contribution in [0.15, 0.2) is 12.4 Å². The van der Waals surface area contributed by atoms with Gasteiger partial charge in [0.1, 0.15) is 5.57 Å². The molecular weight excluding hydrogens is 215 g/mol. The highest BCUT2D eigenvalue weighted by molar-refractivity contribution is 7.67. The molecule has 1 aliphatic carbocycles. The first kappa shape index (κ1) is 12.1. The molecule has 1 heterocycles. The van der Waals surface area contributed by atoms with E-state index in [0.29, 0.717) is 5.16 Å². The summed E-state index contributed by atoms with van der Waals surface area (Å²) in [5.41, 5.74) is 2.24. The van der Waals surface area contributed by atoms with E-state index in [1.807, 2.05) is 6.20 Å². The Morgan fingerprint density at radius 1 is 1.31 bits per heavy atom. The molecule has 0 spiro atoms. The number of aromatic nitrogens is 2. The molecule has 16 heavy (non-hydrogen) atoms. The van der Waals surface area contributed by atoms with E-state index in [0.717, 1.165) is 5.66 Å². The average molecular weight is 238 g/mol. The minimum absolute atomic E-state index is 0.130. The molecular formula is C13H23N2P. The molecule has 0 aliphatic heterocycles. The maximum absolute atomic E-state index is 4.62. The quantitative estimate of drug-likeness (QED) is 0.723. The van der Waals surface area contributed by atoms with E-state index in [9.17, 15) is 0 Å². The number of nitrogens with zero attached hydrogens (tertiary/aromatic N) is 2. The summed E-state index contributed by atoms with van der Waals surface area (Å²) in [7, 11) is 2.01. The Morgan fingerprint density at radius 2 is 1.94 bits per heavy atom. The van der Waals surface area contributed by atoms with Crippen LogP contribution in [0, 0.1) is 0 Å². The smallest absolute Gasteiger partial charge is 0.131 e. The second kappa shape index (κ2) is 4.49. The Hall–Kier alpha value is -0.360. The van der Waals surface area contributed by atoms with Gasteiger partial charge in [-0.3, -0.25) is 0 Å². The third-order valence-corrected chi connectivity index (χ3v) is 6.98. The van der Waals surface area contributed by atoms with Crippen molar-refractivity contribution in [1.29, 1.82) is 0 Å². The number of rotatable bonds is 2. The highest BCUT2D eigenvalue weighted by atomic mass is 31.1. The van der Waals surface area contributed by atoms with Crippen molar-refractivity contribution in [3.63, 3.8) is 0 Å². The number of aryl methyl sites for hydroxylation is 1. The molecule has 1 atom stereocenters. The van der Waals surface area contributed by atoms with E-state index in [-0.39, 0.29) is 7.92 Å². The van der Waals surface area contributed by atoms with Crippen LogP contribution < -0.4 is 5.57 Å². The average Bonchev–Trinajstić information content (AvgIpc) is 2.77. The molecule has 3 heteroatoms. The van der Waals surface area contributed by atoms with Gasteiger partial charge < -0.3 is 4.57 Å². The fraction of sp³-hybridized carbons (Fsp3) is 0.769. The summed E-state index contributed by atoms with van der Waals surface area (Å²) in [4.78, 5) is 4.62. The minimum atomic E-state index is -0.130. The van der Waals surface area contributed by atoms with E-state index < -0.39 is 0 Å². The molecule has 2 rings (SSSR count). The second-order valence-electron chi connectivity index (χ2n) is 5.82. The van der Waals surface area contributed by atoms with Crippen LogP contribution in [-0.2, 0) is 7.05 Å². The lowest BCUT2D eigenvalue weighted by Crippen LogP contribution is -2.30. The van der Waals surface area contributed by atoms with Crippen molar-refractivity contribution in [2.75, 3.05) is 0 Å². The standard InChI is InChI=1S/C13H23N2P/c1-13(2,3)16(11-7-5-6-8-11)12-14-9-10-15(12)4/h9-11H,5-8H2,1-4H3. The van der Waals surface area contributed by atoms with Gasteiger partial charge in [0.05, 0.1) is 0 Å². The van der Waals surface area contributed by atoms with Crippen molar-refractivity contribution in [2.45, 2.75) is 57.3 Å². The van der Waals surface area contributed by atoms with Gasteiger partial charge in [-0.05, 0) is 31.6 Å². The second-order valence-corrected chi connectivity index (χ2v) is 9.03. The van der Waals surface area contributed by atoms with Gasteiger partial charge in [0.25, 0.3) is 0 Å². The summed E-state index contributed by atoms with van der Waals surface area (Å²) in [6, 6.07) is 0. The van der Waals surface area contributed by atoms with Crippen molar-refractivity contribution < 1.29 is 0 Å². The zero-order valence-corrected chi connectivity index (χ0v) is 11.8. The van der Waals surface area contributed by atoms with Gasteiger partial charge in [0, 0.05) is 19.4 Å². The van der Waals surface area contributed by atoms with Gasteiger partial charge in [0.2, 0.25) is 0 Å². The lowest BCUT2D eigenvalue weighted by atomic mass is 10.3. The highest BCUT2D eigenvalue weighted by Crippen LogP contribution is 2.56. The maximum atomic E-state index is 4.62. The number of imidazole rings is 1. The van der Waals surface area contributed by atoms with Crippen LogP contribution in [0.25, 0.3) is 0 Å². The molecule has 0 amide bonds. The van der Waals surface area contributed by atoms with E-state index in [2.05, 4.69) is 43.6 Å². The first-order valence-electron chi connectivity index (χ1n) is 6.27. The molecule has 1 aromatic rings. The molecule has 1 aliphatic rings. The lowest BCUT2D eigenvalue weighted by Gasteiger charge is -2.35. The first-order valence-corrected chi connectivity index (χ1v) is 7.68. The SMILES string of the molecule is Cn1ccnc1P(C1CCCC1)C(C)(C)C. The molecule has 90 valence electrons. The van der Waals surface area contributed by atoms with Gasteiger partial charge in [0.15, 0.2) is 0 Å². The Labute approximate surface area is 100 Å². The molecule has 0 aromatic carbocycles. The van der Waals surface area contributed by atoms with Crippen molar-refractivity contribution in [1.82, 2.24) is 9.55 Å². The van der Waals surface area contributed by atoms with Crippen LogP contribution in [-0.4, -0.2) is 20.4 Å². The topological polar surface area (TPSA) is 17.8 Å². The number of hydrogen-bond acceptors (Lipinski definition) is 1. The Morgan fingerprint density at radius 3 is 2.38 bits per heavy atom. The summed E-state index contributed by atoms with van der Waals surface area (Å²) in [6.07, 6.45) is 9.70. The molecule has 1 aromatic heterocycles. The normalized spacial score (nSPS) is 20.2. The van der Waals surface area contributed by atoms with Crippen molar-refractivity contribution in [3.05, 3.63) is 12.4 Å². The lowest BCUT2D eigenvalue weighted by molar-refractivity contribution is 0.752. The molecule has 0 N–H and O–H groups in total. The molecule has 1 unspecified atom stereocenters. The van der Waals surface area contributed by atoms with Crippen LogP contribution >= 0.6 is 7.92 Å². The van der Waals surface area contributed by atoms with E-state index in [1.165, 1.54) is 31.2 Å².